The van der Waals surface area contributed by atoms with Crippen LogP contribution in [0, 0.1) is 5.41 Å². The highest BCUT2D eigenvalue weighted by atomic mass is 16.2. The van der Waals surface area contributed by atoms with Crippen LogP contribution in [0.1, 0.15) is 57.6 Å². The average Bonchev–Trinajstić information content (AvgIpc) is 3.59. The normalized spacial score (nSPS) is 22.9. The summed E-state index contributed by atoms with van der Waals surface area (Å²) < 4.78 is 1.57. The highest BCUT2D eigenvalue weighted by molar-refractivity contribution is 5.98. The Hall–Kier alpha value is -5.30. The fourth-order valence-corrected chi connectivity index (χ4v) is 8.47. The maximum atomic E-state index is 14.5. The van der Waals surface area contributed by atoms with Crippen molar-refractivity contribution >= 4 is 28.4 Å². The summed E-state index contributed by atoms with van der Waals surface area (Å²) in [6.45, 7) is 11.9. The maximum Gasteiger partial charge on any atom is 0.262 e. The first-order valence-electron chi connectivity index (χ1n) is 16.2. The number of rotatable bonds is 4. The van der Waals surface area contributed by atoms with E-state index in [4.69, 9.17) is 4.98 Å². The Labute approximate surface area is 273 Å². The third-order valence-corrected chi connectivity index (χ3v) is 11.0. The molecule has 0 radical (unpaired) electrons. The largest absolute Gasteiger partial charge is 0.309 e. The van der Waals surface area contributed by atoms with E-state index in [1.165, 1.54) is 0 Å². The lowest BCUT2D eigenvalue weighted by Crippen LogP contribution is -2.59. The highest BCUT2D eigenvalue weighted by Gasteiger charge is 2.69. The van der Waals surface area contributed by atoms with Crippen LogP contribution in [0.3, 0.4) is 0 Å². The van der Waals surface area contributed by atoms with Gasteiger partial charge in [0.15, 0.2) is 0 Å². The van der Waals surface area contributed by atoms with Gasteiger partial charge < -0.3 is 4.90 Å². The smallest absolute Gasteiger partial charge is 0.262 e. The summed E-state index contributed by atoms with van der Waals surface area (Å²) in [5.41, 5.74) is 5.27. The molecule has 4 atom stereocenters. The van der Waals surface area contributed by atoms with Gasteiger partial charge in [0.25, 0.3) is 5.56 Å². The van der Waals surface area contributed by atoms with E-state index in [1.807, 2.05) is 53.4 Å². The summed E-state index contributed by atoms with van der Waals surface area (Å²) in [7, 11) is 0. The van der Waals surface area contributed by atoms with Crippen molar-refractivity contribution in [3.8, 4) is 22.3 Å². The van der Waals surface area contributed by atoms with E-state index in [1.54, 1.807) is 29.4 Å². The van der Waals surface area contributed by atoms with Gasteiger partial charge in [-0.1, -0.05) is 92.7 Å². The summed E-state index contributed by atoms with van der Waals surface area (Å²) in [5, 5.41) is 0.488. The van der Waals surface area contributed by atoms with Gasteiger partial charge in [-0.25, -0.2) is 4.98 Å². The van der Waals surface area contributed by atoms with Crippen molar-refractivity contribution in [3.63, 3.8) is 0 Å². The molecule has 0 N–H and O–H groups in total. The van der Waals surface area contributed by atoms with Crippen LogP contribution in [0.4, 0.5) is 5.69 Å². The van der Waals surface area contributed by atoms with Crippen molar-refractivity contribution in [3.05, 3.63) is 131 Å². The average molecular weight is 621 g/mol. The van der Waals surface area contributed by atoms with E-state index < -0.39 is 29.1 Å². The number of anilines is 1. The minimum atomic E-state index is -0.773. The minimum Gasteiger partial charge on any atom is -0.309 e. The minimum absolute atomic E-state index is 0.145. The molecule has 4 heterocycles. The number of carbonyl (C=O) groups excluding carboxylic acids is 2. The Bertz CT molecular complexity index is 2190. The van der Waals surface area contributed by atoms with Crippen molar-refractivity contribution in [1.29, 1.82) is 0 Å². The Balaban J connectivity index is 1.34. The Morgan fingerprint density at radius 3 is 2.19 bits per heavy atom. The van der Waals surface area contributed by atoms with Crippen LogP contribution in [0.5, 0.6) is 0 Å². The molecule has 4 aromatic carbocycles. The number of aromatic nitrogens is 2. The molecule has 0 spiro atoms. The summed E-state index contributed by atoms with van der Waals surface area (Å²) >= 11 is 0. The second kappa shape index (κ2) is 10.1. The quantitative estimate of drug-likeness (QED) is 0.196. The molecule has 1 fully saturated rings. The standard InChI is InChI=1S/C40H36N4O3/c1-6-39(4,5)40-23-34-35-41-32-15-11-10-14-30(32)37(47)42(35)24(2)36(46)44(34)38(40)43(25(3)45)33-21-20-29(22-31(33)40)28-18-16-27(17-19-28)26-12-8-7-9-13-26/h6-22,24,34,38H,1,23H2,2-5H3/t24-,34+,38+,40-/m1/s1. The third kappa shape index (κ3) is 3.86. The molecule has 0 aliphatic carbocycles. The van der Waals surface area contributed by atoms with Crippen LogP contribution < -0.4 is 10.5 Å². The first-order chi connectivity index (χ1) is 22.6. The van der Waals surface area contributed by atoms with Crippen LogP contribution in [0.2, 0.25) is 0 Å². The van der Waals surface area contributed by atoms with Crippen molar-refractivity contribution in [2.75, 3.05) is 4.90 Å². The first kappa shape index (κ1) is 29.1. The van der Waals surface area contributed by atoms with Crippen molar-refractivity contribution in [2.45, 2.75) is 57.8 Å². The van der Waals surface area contributed by atoms with Gasteiger partial charge in [-0.15, -0.1) is 6.58 Å². The van der Waals surface area contributed by atoms with Crippen molar-refractivity contribution in [1.82, 2.24) is 14.5 Å². The predicted molar refractivity (Wildman–Crippen MR) is 185 cm³/mol. The van der Waals surface area contributed by atoms with Crippen LogP contribution in [0.25, 0.3) is 33.2 Å². The van der Waals surface area contributed by atoms with Gasteiger partial charge in [-0.05, 0) is 70.8 Å². The molecule has 0 unspecified atom stereocenters. The van der Waals surface area contributed by atoms with Gasteiger partial charge >= 0.3 is 0 Å². The second-order valence-electron chi connectivity index (χ2n) is 13.6. The Kier molecular flexibility index (Phi) is 6.26. The van der Waals surface area contributed by atoms with Gasteiger partial charge in [-0.2, -0.15) is 0 Å². The molecule has 7 nitrogen and oxygen atoms in total. The molecule has 0 saturated carbocycles. The van der Waals surface area contributed by atoms with E-state index >= 15 is 0 Å². The van der Waals surface area contributed by atoms with Crippen molar-refractivity contribution in [2.24, 2.45) is 5.41 Å². The fraction of sp³-hybridized carbons (Fsp3) is 0.250. The van der Waals surface area contributed by atoms with E-state index in [-0.39, 0.29) is 17.4 Å². The van der Waals surface area contributed by atoms with Gasteiger partial charge in [0.2, 0.25) is 11.8 Å². The molecule has 0 bridgehead atoms. The molecular formula is C40H36N4O3. The summed E-state index contributed by atoms with van der Waals surface area (Å²) in [6, 6.07) is 31.1. The summed E-state index contributed by atoms with van der Waals surface area (Å²) in [5.74, 6) is 0.227. The van der Waals surface area contributed by atoms with Gasteiger partial charge in [0.05, 0.1) is 16.9 Å². The Morgan fingerprint density at radius 2 is 1.51 bits per heavy atom. The molecule has 8 rings (SSSR count). The molecule has 3 aliphatic heterocycles. The van der Waals surface area contributed by atoms with Crippen LogP contribution in [-0.4, -0.2) is 32.4 Å². The van der Waals surface area contributed by atoms with E-state index in [2.05, 4.69) is 69.0 Å². The molecule has 2 amide bonds. The summed E-state index contributed by atoms with van der Waals surface area (Å²) in [4.78, 5) is 50.7. The lowest BCUT2D eigenvalue weighted by atomic mass is 9.60. The fourth-order valence-electron chi connectivity index (χ4n) is 8.47. The molecule has 1 aromatic heterocycles. The van der Waals surface area contributed by atoms with Gasteiger partial charge in [0, 0.05) is 18.0 Å². The maximum absolute atomic E-state index is 14.5. The monoisotopic (exact) mass is 620 g/mol. The SMILES string of the molecule is C=CC(C)(C)[C@@]12C[C@H]3c4nc5ccccc5c(=O)n4[C@H](C)C(=O)N3[C@@H]1N(C(C)=O)c1ccc(-c3ccc(-c4ccccc4)cc3)cc12. The number of carbonyl (C=O) groups is 2. The van der Waals surface area contributed by atoms with E-state index in [0.717, 1.165) is 33.5 Å². The topological polar surface area (TPSA) is 75.5 Å². The first-order valence-corrected chi connectivity index (χ1v) is 16.2. The molecule has 47 heavy (non-hydrogen) atoms. The molecule has 7 heteroatoms. The zero-order valence-electron chi connectivity index (χ0n) is 27.0. The number of fused-ring (bicyclic) bond motifs is 8. The Morgan fingerprint density at radius 1 is 0.894 bits per heavy atom. The highest BCUT2D eigenvalue weighted by Crippen LogP contribution is 2.66. The number of hydrogen-bond donors (Lipinski definition) is 0. The van der Waals surface area contributed by atoms with Gasteiger partial charge in [0.1, 0.15) is 18.0 Å². The number of amides is 2. The van der Waals surface area contributed by atoms with Crippen molar-refractivity contribution < 1.29 is 9.59 Å². The molecule has 1 saturated heterocycles. The van der Waals surface area contributed by atoms with Crippen LogP contribution in [0.15, 0.2) is 115 Å². The van der Waals surface area contributed by atoms with Crippen LogP contribution in [-0.2, 0) is 15.0 Å². The third-order valence-electron chi connectivity index (χ3n) is 11.0. The lowest BCUT2D eigenvalue weighted by Gasteiger charge is -2.46. The zero-order chi connectivity index (χ0) is 32.8. The molecule has 5 aromatic rings. The number of benzene rings is 4. The molecule has 3 aliphatic rings. The lowest BCUT2D eigenvalue weighted by molar-refractivity contribution is -0.141. The second-order valence-corrected chi connectivity index (χ2v) is 13.6. The van der Waals surface area contributed by atoms with E-state index in [0.29, 0.717) is 23.1 Å². The van der Waals surface area contributed by atoms with E-state index in [9.17, 15) is 14.4 Å². The number of hydrogen-bond acceptors (Lipinski definition) is 4. The van der Waals surface area contributed by atoms with Gasteiger partial charge in [-0.3, -0.25) is 23.9 Å². The summed E-state index contributed by atoms with van der Waals surface area (Å²) in [6.07, 6.45) is 1.81. The predicted octanol–water partition coefficient (Wildman–Crippen LogP) is 7.42. The molecular weight excluding hydrogens is 584 g/mol. The number of para-hydroxylation sites is 1. The number of nitrogens with zero attached hydrogens (tertiary/aromatic N) is 4. The zero-order valence-corrected chi connectivity index (χ0v) is 27.0. The number of allylic oxidation sites excluding steroid dienone is 1. The van der Waals surface area contributed by atoms with Crippen LogP contribution >= 0.6 is 0 Å². The molecule has 234 valence electrons.